The first-order valence-corrected chi connectivity index (χ1v) is 7.46. The van der Waals surface area contributed by atoms with Crippen LogP contribution in [0, 0.1) is 23.7 Å². The van der Waals surface area contributed by atoms with Crippen LogP contribution in [0.3, 0.4) is 0 Å². The van der Waals surface area contributed by atoms with E-state index in [9.17, 15) is 5.11 Å². The van der Waals surface area contributed by atoms with Crippen molar-refractivity contribution in [2.24, 2.45) is 23.7 Å². The summed E-state index contributed by atoms with van der Waals surface area (Å²) in [6.45, 7) is 1.20. The summed E-state index contributed by atoms with van der Waals surface area (Å²) in [4.78, 5) is 0. The van der Waals surface area contributed by atoms with Crippen LogP contribution in [-0.4, -0.2) is 24.1 Å². The summed E-state index contributed by atoms with van der Waals surface area (Å²) in [6.07, 6.45) is 4.77. The molecule has 0 unspecified atom stereocenters. The van der Waals surface area contributed by atoms with E-state index in [-0.39, 0.29) is 0 Å². The van der Waals surface area contributed by atoms with Gasteiger partial charge in [-0.15, -0.1) is 0 Å². The van der Waals surface area contributed by atoms with Crippen LogP contribution in [0.4, 0.5) is 0 Å². The van der Waals surface area contributed by atoms with Crippen LogP contribution in [-0.2, 0) is 16.1 Å². The van der Waals surface area contributed by atoms with Crippen molar-refractivity contribution in [1.82, 2.24) is 0 Å². The molecule has 3 nitrogen and oxygen atoms in total. The largest absolute Gasteiger partial charge is 0.388 e. The Morgan fingerprint density at radius 3 is 2.80 bits per heavy atom. The molecular weight excluding hydrogens is 252 g/mol. The van der Waals surface area contributed by atoms with E-state index in [0.717, 1.165) is 5.56 Å². The fraction of sp³-hybridized carbons (Fsp3) is 0.529. The van der Waals surface area contributed by atoms with Gasteiger partial charge in [0.1, 0.15) is 6.10 Å². The van der Waals surface area contributed by atoms with Gasteiger partial charge in [0, 0.05) is 5.92 Å². The fourth-order valence-corrected chi connectivity index (χ4v) is 4.09. The third-order valence-electron chi connectivity index (χ3n) is 5.07. The Morgan fingerprint density at radius 2 is 1.95 bits per heavy atom. The number of hydrogen-bond acceptors (Lipinski definition) is 3. The molecule has 1 aromatic carbocycles. The third-order valence-corrected chi connectivity index (χ3v) is 5.07. The molecule has 0 radical (unpaired) electrons. The maximum atomic E-state index is 10.6. The van der Waals surface area contributed by atoms with Gasteiger partial charge in [-0.25, -0.2) is 0 Å². The molecule has 3 heteroatoms. The summed E-state index contributed by atoms with van der Waals surface area (Å²) < 4.78 is 11.6. The third kappa shape index (κ3) is 2.01. The monoisotopic (exact) mass is 272 g/mol. The molecule has 1 aromatic rings. The minimum atomic E-state index is -0.502. The minimum absolute atomic E-state index is 0.319. The van der Waals surface area contributed by atoms with Gasteiger partial charge < -0.3 is 14.6 Å². The van der Waals surface area contributed by atoms with E-state index in [4.69, 9.17) is 9.47 Å². The van der Waals surface area contributed by atoms with E-state index in [2.05, 4.69) is 12.2 Å². The zero-order valence-electron chi connectivity index (χ0n) is 11.4. The average Bonchev–Trinajstić information content (AvgIpc) is 3.09. The highest BCUT2D eigenvalue weighted by atomic mass is 16.7. The number of allylic oxidation sites excluding steroid dienone is 2. The Kier molecular flexibility index (Phi) is 3.14. The topological polar surface area (TPSA) is 38.7 Å². The van der Waals surface area contributed by atoms with Crippen LogP contribution in [0.15, 0.2) is 42.5 Å². The molecular formula is C17H20O3. The van der Waals surface area contributed by atoms with Crippen molar-refractivity contribution in [3.8, 4) is 0 Å². The van der Waals surface area contributed by atoms with E-state index in [1.54, 1.807) is 0 Å². The van der Waals surface area contributed by atoms with Crippen molar-refractivity contribution in [1.29, 1.82) is 0 Å². The highest BCUT2D eigenvalue weighted by Gasteiger charge is 2.52. The molecule has 2 bridgehead atoms. The van der Waals surface area contributed by atoms with Crippen molar-refractivity contribution < 1.29 is 14.6 Å². The lowest BCUT2D eigenvalue weighted by molar-refractivity contribution is -0.252. The molecule has 1 heterocycles. The minimum Gasteiger partial charge on any atom is -0.388 e. The highest BCUT2D eigenvalue weighted by molar-refractivity contribution is 5.16. The molecule has 0 spiro atoms. The lowest BCUT2D eigenvalue weighted by Crippen LogP contribution is -2.48. The summed E-state index contributed by atoms with van der Waals surface area (Å²) in [6, 6.07) is 10.0. The molecule has 0 amide bonds. The van der Waals surface area contributed by atoms with Crippen molar-refractivity contribution in [3.63, 3.8) is 0 Å². The van der Waals surface area contributed by atoms with Crippen molar-refractivity contribution >= 4 is 0 Å². The molecule has 2 aliphatic carbocycles. The Hall–Kier alpha value is -1.16. The molecule has 6 atom stereocenters. The number of benzene rings is 1. The summed E-state index contributed by atoms with van der Waals surface area (Å²) >= 11 is 0. The first-order chi connectivity index (χ1) is 9.83. The highest BCUT2D eigenvalue weighted by Crippen LogP contribution is 2.52. The predicted octanol–water partition coefficient (Wildman–Crippen LogP) is 2.36. The van der Waals surface area contributed by atoms with E-state index in [0.29, 0.717) is 36.9 Å². The van der Waals surface area contributed by atoms with Gasteiger partial charge in [-0.2, -0.15) is 0 Å². The molecule has 3 aliphatic rings. The molecule has 1 saturated heterocycles. The lowest BCUT2D eigenvalue weighted by atomic mass is 9.78. The molecule has 106 valence electrons. The quantitative estimate of drug-likeness (QED) is 0.859. The van der Waals surface area contributed by atoms with Crippen LogP contribution >= 0.6 is 0 Å². The zero-order chi connectivity index (χ0) is 13.5. The van der Waals surface area contributed by atoms with Gasteiger partial charge in [-0.1, -0.05) is 42.5 Å². The smallest absolute Gasteiger partial charge is 0.184 e. The number of aliphatic hydroxyl groups is 1. The van der Waals surface area contributed by atoms with E-state index in [1.807, 2.05) is 30.3 Å². The molecule has 0 aromatic heterocycles. The second-order valence-corrected chi connectivity index (χ2v) is 6.18. The summed E-state index contributed by atoms with van der Waals surface area (Å²) in [5.41, 5.74) is 1.11. The lowest BCUT2D eigenvalue weighted by Gasteiger charge is -2.40. The van der Waals surface area contributed by atoms with E-state index >= 15 is 0 Å². The first kappa shape index (κ1) is 12.6. The fourth-order valence-electron chi connectivity index (χ4n) is 4.09. The summed E-state index contributed by atoms with van der Waals surface area (Å²) in [5, 5.41) is 10.6. The van der Waals surface area contributed by atoms with Crippen molar-refractivity contribution in [3.05, 3.63) is 48.0 Å². The Morgan fingerprint density at radius 1 is 1.15 bits per heavy atom. The molecule has 20 heavy (non-hydrogen) atoms. The summed E-state index contributed by atoms with van der Waals surface area (Å²) in [5.74, 6) is 1.93. The van der Waals surface area contributed by atoms with Gasteiger partial charge in [-0.05, 0) is 29.7 Å². The maximum Gasteiger partial charge on any atom is 0.184 e. The Bertz CT molecular complexity index is 498. The van der Waals surface area contributed by atoms with Gasteiger partial charge >= 0.3 is 0 Å². The first-order valence-electron chi connectivity index (χ1n) is 7.46. The van der Waals surface area contributed by atoms with E-state index < -0.39 is 12.4 Å². The maximum absolute atomic E-state index is 10.6. The van der Waals surface area contributed by atoms with Gasteiger partial charge in [-0.3, -0.25) is 0 Å². The molecule has 4 rings (SSSR count). The van der Waals surface area contributed by atoms with Crippen LogP contribution in [0.1, 0.15) is 12.0 Å². The number of rotatable bonds is 3. The van der Waals surface area contributed by atoms with Gasteiger partial charge in [0.05, 0.1) is 13.2 Å². The van der Waals surface area contributed by atoms with Crippen LogP contribution in [0.5, 0.6) is 0 Å². The Labute approximate surface area is 119 Å². The predicted molar refractivity (Wildman–Crippen MR) is 74.7 cm³/mol. The van der Waals surface area contributed by atoms with Gasteiger partial charge in [0.25, 0.3) is 0 Å². The normalized spacial score (nSPS) is 41.9. The van der Waals surface area contributed by atoms with Crippen LogP contribution in [0.25, 0.3) is 0 Å². The molecule has 1 N–H and O–H groups in total. The average molecular weight is 272 g/mol. The van der Waals surface area contributed by atoms with Crippen LogP contribution < -0.4 is 0 Å². The molecule has 2 fully saturated rings. The van der Waals surface area contributed by atoms with Crippen molar-refractivity contribution in [2.75, 3.05) is 6.61 Å². The van der Waals surface area contributed by atoms with Crippen molar-refractivity contribution in [2.45, 2.75) is 25.4 Å². The second-order valence-electron chi connectivity index (χ2n) is 6.18. The number of fused-ring (bicyclic) bond motifs is 5. The standard InChI is InChI=1S/C17H20O3/c18-16-15-13-7-6-12(8-13)14(15)10-20-17(16)19-9-11-4-2-1-3-5-11/h1-7,12-18H,8-10H2/t12-,13+,14-,15+,16+,17-/m1/s1. The van der Waals surface area contributed by atoms with E-state index in [1.165, 1.54) is 6.42 Å². The second kappa shape index (κ2) is 4.99. The number of hydrogen-bond donors (Lipinski definition) is 1. The zero-order valence-corrected chi connectivity index (χ0v) is 11.4. The number of ether oxygens (including phenoxy) is 2. The molecule has 1 saturated carbocycles. The van der Waals surface area contributed by atoms with Crippen LogP contribution in [0.2, 0.25) is 0 Å². The van der Waals surface area contributed by atoms with Gasteiger partial charge in [0.15, 0.2) is 6.29 Å². The van der Waals surface area contributed by atoms with Gasteiger partial charge in [0.2, 0.25) is 0 Å². The molecule has 1 aliphatic heterocycles. The Balaban J connectivity index is 1.42. The summed E-state index contributed by atoms with van der Waals surface area (Å²) in [7, 11) is 0. The number of aliphatic hydroxyl groups excluding tert-OH is 1. The SMILES string of the molecule is O[C@@H]1[C@H](OCc2ccccc2)OC[C@H]2[C@@H]1[C@H]1C=C[C@@H]2C1.